The summed E-state index contributed by atoms with van der Waals surface area (Å²) in [6.07, 6.45) is 0. The molecule has 0 aliphatic heterocycles. The van der Waals surface area contributed by atoms with Crippen molar-refractivity contribution in [2.24, 2.45) is 5.50 Å². The molecule has 0 aromatic heterocycles. The lowest BCUT2D eigenvalue weighted by atomic mass is 10.3. The molecule has 1 atom stereocenters. The quantitative estimate of drug-likeness (QED) is 0.645. The van der Waals surface area contributed by atoms with E-state index in [0.717, 1.165) is 0 Å². The maximum atomic E-state index is 10.7. The van der Waals surface area contributed by atoms with Crippen molar-refractivity contribution in [1.29, 1.82) is 0 Å². The van der Waals surface area contributed by atoms with Crippen molar-refractivity contribution in [3.05, 3.63) is 29.3 Å². The molecule has 0 aliphatic rings. The molecule has 0 amide bonds. The predicted molar refractivity (Wildman–Crippen MR) is 49.1 cm³/mol. The van der Waals surface area contributed by atoms with E-state index in [1.54, 1.807) is 24.3 Å². The lowest BCUT2D eigenvalue weighted by molar-refractivity contribution is 0.486. The topological polar surface area (TPSA) is 75.4 Å². The van der Waals surface area contributed by atoms with E-state index in [-0.39, 0.29) is 0 Å². The fraction of sp³-hybridized carbons (Fsp3) is 0. The maximum Gasteiger partial charge on any atom is 0.360 e. The summed E-state index contributed by atoms with van der Waals surface area (Å²) in [7, 11) is -3.75. The lowest BCUT2D eigenvalue weighted by Gasteiger charge is -2.09. The van der Waals surface area contributed by atoms with E-state index < -0.39 is 7.67 Å². The molecule has 0 fully saturated rings. The number of hydrogen-bond acceptors (Lipinski definition) is 1. The molecule has 0 heterocycles. The summed E-state index contributed by atoms with van der Waals surface area (Å²) in [6, 6.07) is 6.56. The third-order valence-corrected chi connectivity index (χ3v) is 2.05. The number of nitrogens with one attached hydrogen (secondary N) is 1. The van der Waals surface area contributed by atoms with Gasteiger partial charge in [0, 0.05) is 0 Å². The van der Waals surface area contributed by atoms with Gasteiger partial charge in [0.15, 0.2) is 0 Å². The van der Waals surface area contributed by atoms with Crippen LogP contribution in [0, 0.1) is 0 Å². The summed E-state index contributed by atoms with van der Waals surface area (Å²) in [6.45, 7) is 0. The van der Waals surface area contributed by atoms with Crippen LogP contribution in [-0.2, 0) is 4.57 Å². The van der Waals surface area contributed by atoms with E-state index in [1.807, 2.05) is 0 Å². The number of anilines is 1. The first-order chi connectivity index (χ1) is 5.49. The van der Waals surface area contributed by atoms with Crippen LogP contribution in [0.3, 0.4) is 0 Å². The van der Waals surface area contributed by atoms with Crippen molar-refractivity contribution in [2.45, 2.75) is 0 Å². The Labute approximate surface area is 74.9 Å². The molecule has 4 nitrogen and oxygen atoms in total. The highest BCUT2D eigenvalue weighted by Gasteiger charge is 2.10. The summed E-state index contributed by atoms with van der Waals surface area (Å²) in [5.41, 5.74) is 5.23. The number of rotatable bonds is 2. The van der Waals surface area contributed by atoms with Crippen molar-refractivity contribution in [1.82, 2.24) is 0 Å². The van der Waals surface area contributed by atoms with Crippen LogP contribution in [0.25, 0.3) is 0 Å². The van der Waals surface area contributed by atoms with Crippen molar-refractivity contribution in [3.8, 4) is 0 Å². The van der Waals surface area contributed by atoms with Crippen LogP contribution in [0.15, 0.2) is 24.3 Å². The molecule has 0 saturated carbocycles. The predicted octanol–water partition coefficient (Wildman–Crippen LogP) is 1.81. The van der Waals surface area contributed by atoms with Crippen LogP contribution in [0.5, 0.6) is 0 Å². The molecule has 0 aliphatic carbocycles. The average Bonchev–Trinajstić information content (AvgIpc) is 1.91. The van der Waals surface area contributed by atoms with Gasteiger partial charge in [-0.3, -0.25) is 0 Å². The first-order valence-corrected chi connectivity index (χ1v) is 5.24. The van der Waals surface area contributed by atoms with Gasteiger partial charge in [-0.2, -0.15) is 0 Å². The fourth-order valence-corrected chi connectivity index (χ4v) is 1.51. The van der Waals surface area contributed by atoms with Crippen LogP contribution in [0.4, 0.5) is 5.69 Å². The minimum absolute atomic E-state index is 0.354. The average molecular weight is 207 g/mol. The second kappa shape index (κ2) is 3.46. The highest BCUT2D eigenvalue weighted by atomic mass is 35.5. The van der Waals surface area contributed by atoms with Gasteiger partial charge in [0.2, 0.25) is 0 Å². The van der Waals surface area contributed by atoms with Crippen LogP contribution in [0.1, 0.15) is 0 Å². The Kier molecular flexibility index (Phi) is 2.75. The van der Waals surface area contributed by atoms with E-state index >= 15 is 0 Å². The molecule has 4 N–H and O–H groups in total. The van der Waals surface area contributed by atoms with E-state index in [0.29, 0.717) is 10.7 Å². The first-order valence-electron chi connectivity index (χ1n) is 3.13. The van der Waals surface area contributed by atoms with Crippen molar-refractivity contribution in [3.63, 3.8) is 0 Å². The van der Waals surface area contributed by atoms with Gasteiger partial charge in [0.05, 0.1) is 10.7 Å². The highest BCUT2D eigenvalue weighted by molar-refractivity contribution is 7.57. The zero-order valence-corrected chi connectivity index (χ0v) is 7.72. The van der Waals surface area contributed by atoms with Crippen molar-refractivity contribution >= 4 is 25.0 Å². The summed E-state index contributed by atoms with van der Waals surface area (Å²) in [5, 5.41) is 2.56. The molecule has 1 unspecified atom stereocenters. The highest BCUT2D eigenvalue weighted by Crippen LogP contribution is 2.34. The molecular formula is C6H8ClN2O2P. The number of nitrogens with two attached hydrogens (primary N) is 1. The van der Waals surface area contributed by atoms with Gasteiger partial charge in [0.25, 0.3) is 0 Å². The Hall–Kier alpha value is -0.540. The molecule has 66 valence electrons. The molecule has 6 heteroatoms. The van der Waals surface area contributed by atoms with Gasteiger partial charge in [-0.05, 0) is 12.1 Å². The molecule has 0 spiro atoms. The number of benzene rings is 1. The molecule has 12 heavy (non-hydrogen) atoms. The Morgan fingerprint density at radius 2 is 2.08 bits per heavy atom. The molecule has 1 aromatic rings. The minimum Gasteiger partial charge on any atom is -0.318 e. The molecular weight excluding hydrogens is 199 g/mol. The van der Waals surface area contributed by atoms with Crippen LogP contribution in [0.2, 0.25) is 5.02 Å². The van der Waals surface area contributed by atoms with Crippen molar-refractivity contribution < 1.29 is 9.46 Å². The number of para-hydroxylation sites is 1. The molecule has 1 rings (SSSR count). The second-order valence-corrected chi connectivity index (χ2v) is 4.09. The third-order valence-electron chi connectivity index (χ3n) is 1.15. The van der Waals surface area contributed by atoms with E-state index in [2.05, 4.69) is 5.09 Å². The summed E-state index contributed by atoms with van der Waals surface area (Å²) in [4.78, 5) is 8.76. The zero-order chi connectivity index (χ0) is 9.19. The van der Waals surface area contributed by atoms with Gasteiger partial charge in [0.1, 0.15) is 0 Å². The summed E-state index contributed by atoms with van der Waals surface area (Å²) in [5.74, 6) is 0. The molecule has 0 saturated heterocycles. The minimum atomic E-state index is -3.75. The second-order valence-electron chi connectivity index (χ2n) is 2.21. The first kappa shape index (κ1) is 9.55. The fourth-order valence-electron chi connectivity index (χ4n) is 0.724. The molecule has 0 bridgehead atoms. The summed E-state index contributed by atoms with van der Waals surface area (Å²) >= 11 is 5.68. The van der Waals surface area contributed by atoms with E-state index in [9.17, 15) is 4.57 Å². The van der Waals surface area contributed by atoms with Gasteiger partial charge >= 0.3 is 7.67 Å². The smallest absolute Gasteiger partial charge is 0.318 e. The SMILES string of the molecule is NP(=O)(O)Nc1ccccc1Cl. The number of hydrogen-bond donors (Lipinski definition) is 3. The van der Waals surface area contributed by atoms with Gasteiger partial charge in [-0.15, -0.1) is 0 Å². The Bertz CT molecular complexity index is 325. The Balaban J connectivity index is 2.90. The Morgan fingerprint density at radius 3 is 2.58 bits per heavy atom. The molecule has 1 aromatic carbocycles. The zero-order valence-electron chi connectivity index (χ0n) is 6.07. The molecule has 0 radical (unpaired) electrons. The standard InChI is InChI=1S/C6H8ClN2O2P/c7-5-3-1-2-4-6(5)9-12(8,10)11/h1-4H,(H4,8,9,10,11). The van der Waals surface area contributed by atoms with Crippen LogP contribution >= 0.6 is 19.3 Å². The Morgan fingerprint density at radius 1 is 1.50 bits per heavy atom. The number of halogens is 1. The van der Waals surface area contributed by atoms with Crippen LogP contribution in [-0.4, -0.2) is 4.89 Å². The normalized spacial score (nSPS) is 15.2. The maximum absolute atomic E-state index is 10.7. The largest absolute Gasteiger partial charge is 0.360 e. The monoisotopic (exact) mass is 206 g/mol. The van der Waals surface area contributed by atoms with Gasteiger partial charge < -0.3 is 9.98 Å². The lowest BCUT2D eigenvalue weighted by Crippen LogP contribution is -2.04. The third kappa shape index (κ3) is 2.83. The van der Waals surface area contributed by atoms with E-state index in [1.165, 1.54) is 0 Å². The summed E-state index contributed by atoms with van der Waals surface area (Å²) < 4.78 is 10.7. The van der Waals surface area contributed by atoms with E-state index in [4.69, 9.17) is 22.0 Å². The van der Waals surface area contributed by atoms with Gasteiger partial charge in [-0.25, -0.2) is 10.1 Å². The van der Waals surface area contributed by atoms with Gasteiger partial charge in [-0.1, -0.05) is 23.7 Å². The van der Waals surface area contributed by atoms with Crippen molar-refractivity contribution in [2.75, 3.05) is 5.09 Å². The van der Waals surface area contributed by atoms with Crippen LogP contribution < -0.4 is 10.6 Å².